The van der Waals surface area contributed by atoms with E-state index in [0.29, 0.717) is 6.04 Å². The average Bonchev–Trinajstić information content (AvgIpc) is 2.44. The zero-order valence-electron chi connectivity index (χ0n) is 11.5. The van der Waals surface area contributed by atoms with E-state index in [1.807, 2.05) is 14.0 Å². The van der Waals surface area contributed by atoms with Gasteiger partial charge in [0.2, 0.25) is 0 Å². The van der Waals surface area contributed by atoms with Crippen molar-refractivity contribution in [3.8, 4) is 0 Å². The predicted molar refractivity (Wildman–Crippen MR) is 82.8 cm³/mol. The quantitative estimate of drug-likeness (QED) is 0.843. The minimum Gasteiger partial charge on any atom is -0.313 e. The van der Waals surface area contributed by atoms with Crippen LogP contribution in [-0.4, -0.2) is 7.05 Å². The lowest BCUT2D eigenvalue weighted by Gasteiger charge is -2.16. The van der Waals surface area contributed by atoms with Gasteiger partial charge in [0.05, 0.1) is 0 Å². The third-order valence-electron chi connectivity index (χ3n) is 3.51. The second kappa shape index (κ2) is 6.74. The Morgan fingerprint density at radius 2 is 1.84 bits per heavy atom. The van der Waals surface area contributed by atoms with Crippen LogP contribution in [-0.2, 0) is 6.42 Å². The SMILES string of the molecule is CNC(CCc1ccc(C)c(Cl)c1)c1ccccc1. The topological polar surface area (TPSA) is 12.0 Å². The van der Waals surface area contributed by atoms with E-state index in [-0.39, 0.29) is 0 Å². The summed E-state index contributed by atoms with van der Waals surface area (Å²) >= 11 is 6.16. The van der Waals surface area contributed by atoms with Gasteiger partial charge in [-0.2, -0.15) is 0 Å². The maximum absolute atomic E-state index is 6.16. The minimum atomic E-state index is 0.390. The molecule has 2 heteroatoms. The highest BCUT2D eigenvalue weighted by Crippen LogP contribution is 2.21. The summed E-state index contributed by atoms with van der Waals surface area (Å²) in [5, 5.41) is 4.24. The van der Waals surface area contributed by atoms with Gasteiger partial charge in [-0.1, -0.05) is 54.1 Å². The van der Waals surface area contributed by atoms with Crippen LogP contribution in [0, 0.1) is 6.92 Å². The highest BCUT2D eigenvalue weighted by Gasteiger charge is 2.09. The van der Waals surface area contributed by atoms with E-state index in [1.54, 1.807) is 0 Å². The molecule has 0 bridgehead atoms. The van der Waals surface area contributed by atoms with Crippen LogP contribution in [0.1, 0.15) is 29.2 Å². The molecule has 0 aliphatic heterocycles. The Morgan fingerprint density at radius 3 is 2.47 bits per heavy atom. The molecule has 0 spiro atoms. The Morgan fingerprint density at radius 1 is 1.11 bits per heavy atom. The molecule has 0 fully saturated rings. The van der Waals surface area contributed by atoms with Gasteiger partial charge in [0.1, 0.15) is 0 Å². The van der Waals surface area contributed by atoms with E-state index in [1.165, 1.54) is 11.1 Å². The average molecular weight is 274 g/mol. The molecule has 0 radical (unpaired) electrons. The lowest BCUT2D eigenvalue weighted by Crippen LogP contribution is -2.17. The smallest absolute Gasteiger partial charge is 0.0437 e. The first kappa shape index (κ1) is 14.1. The molecule has 1 nitrogen and oxygen atoms in total. The van der Waals surface area contributed by atoms with Crippen molar-refractivity contribution in [3.05, 3.63) is 70.2 Å². The fraction of sp³-hybridized carbons (Fsp3) is 0.294. The zero-order valence-corrected chi connectivity index (χ0v) is 12.2. The van der Waals surface area contributed by atoms with Crippen molar-refractivity contribution < 1.29 is 0 Å². The maximum Gasteiger partial charge on any atom is 0.0437 e. The first-order valence-electron chi connectivity index (χ1n) is 6.68. The van der Waals surface area contributed by atoms with Gasteiger partial charge in [0.15, 0.2) is 0 Å². The van der Waals surface area contributed by atoms with Gasteiger partial charge >= 0.3 is 0 Å². The third kappa shape index (κ3) is 3.82. The summed E-state index contributed by atoms with van der Waals surface area (Å²) in [5.74, 6) is 0. The zero-order chi connectivity index (χ0) is 13.7. The number of rotatable bonds is 5. The molecule has 2 rings (SSSR count). The molecule has 0 amide bonds. The monoisotopic (exact) mass is 273 g/mol. The van der Waals surface area contributed by atoms with Crippen LogP contribution in [0.15, 0.2) is 48.5 Å². The second-order valence-electron chi connectivity index (χ2n) is 4.87. The summed E-state index contributed by atoms with van der Waals surface area (Å²) < 4.78 is 0. The molecule has 0 saturated carbocycles. The molecule has 2 aromatic rings. The molecule has 2 aromatic carbocycles. The molecular weight excluding hydrogens is 254 g/mol. The van der Waals surface area contributed by atoms with E-state index < -0.39 is 0 Å². The van der Waals surface area contributed by atoms with Gasteiger partial charge in [0.25, 0.3) is 0 Å². The van der Waals surface area contributed by atoms with Crippen molar-refractivity contribution in [1.82, 2.24) is 5.32 Å². The Kier molecular flexibility index (Phi) is 5.00. The first-order chi connectivity index (χ1) is 9.20. The Labute approximate surface area is 120 Å². The van der Waals surface area contributed by atoms with Crippen molar-refractivity contribution in [1.29, 1.82) is 0 Å². The fourth-order valence-electron chi connectivity index (χ4n) is 2.27. The molecule has 0 aromatic heterocycles. The van der Waals surface area contributed by atoms with E-state index >= 15 is 0 Å². The summed E-state index contributed by atoms with van der Waals surface area (Å²) in [6.07, 6.45) is 2.10. The van der Waals surface area contributed by atoms with Crippen molar-refractivity contribution in [2.24, 2.45) is 0 Å². The molecule has 100 valence electrons. The Balaban J connectivity index is 2.02. The van der Waals surface area contributed by atoms with Crippen LogP contribution in [0.25, 0.3) is 0 Å². The molecule has 1 atom stereocenters. The van der Waals surface area contributed by atoms with Gasteiger partial charge in [-0.25, -0.2) is 0 Å². The second-order valence-corrected chi connectivity index (χ2v) is 5.28. The molecular formula is C17H20ClN. The fourth-order valence-corrected chi connectivity index (χ4v) is 2.47. The third-order valence-corrected chi connectivity index (χ3v) is 3.92. The molecule has 0 saturated heterocycles. The van der Waals surface area contributed by atoms with Crippen LogP contribution < -0.4 is 5.32 Å². The molecule has 0 heterocycles. The first-order valence-corrected chi connectivity index (χ1v) is 7.05. The van der Waals surface area contributed by atoms with Crippen LogP contribution >= 0.6 is 11.6 Å². The van der Waals surface area contributed by atoms with Crippen molar-refractivity contribution in [2.45, 2.75) is 25.8 Å². The van der Waals surface area contributed by atoms with Crippen LogP contribution in [0.4, 0.5) is 0 Å². The maximum atomic E-state index is 6.16. The van der Waals surface area contributed by atoms with Gasteiger partial charge in [-0.15, -0.1) is 0 Å². The van der Waals surface area contributed by atoms with Gasteiger partial charge in [0, 0.05) is 11.1 Å². The minimum absolute atomic E-state index is 0.390. The van der Waals surface area contributed by atoms with Crippen LogP contribution in [0.5, 0.6) is 0 Å². The molecule has 0 aliphatic carbocycles. The van der Waals surface area contributed by atoms with Gasteiger partial charge in [-0.05, 0) is 49.6 Å². The van der Waals surface area contributed by atoms with Crippen molar-refractivity contribution >= 4 is 11.6 Å². The summed E-state index contributed by atoms with van der Waals surface area (Å²) in [5.41, 5.74) is 3.77. The van der Waals surface area contributed by atoms with Crippen molar-refractivity contribution in [3.63, 3.8) is 0 Å². The van der Waals surface area contributed by atoms with E-state index in [0.717, 1.165) is 23.4 Å². The number of halogens is 1. The lowest BCUT2D eigenvalue weighted by atomic mass is 9.99. The standard InChI is InChI=1S/C17H20ClN/c1-13-8-9-14(12-16(13)18)10-11-17(19-2)15-6-4-3-5-7-15/h3-9,12,17,19H,10-11H2,1-2H3. The summed E-state index contributed by atoms with van der Waals surface area (Å²) in [6, 6.07) is 17.3. The normalized spacial score (nSPS) is 12.4. The predicted octanol–water partition coefficient (Wildman–Crippen LogP) is 4.54. The molecule has 0 aliphatic rings. The number of hydrogen-bond acceptors (Lipinski definition) is 1. The van der Waals surface area contributed by atoms with Crippen LogP contribution in [0.2, 0.25) is 5.02 Å². The van der Waals surface area contributed by atoms with E-state index in [9.17, 15) is 0 Å². The van der Waals surface area contributed by atoms with Gasteiger partial charge in [-0.3, -0.25) is 0 Å². The number of nitrogens with one attached hydrogen (secondary N) is 1. The van der Waals surface area contributed by atoms with Crippen molar-refractivity contribution in [2.75, 3.05) is 7.05 Å². The largest absolute Gasteiger partial charge is 0.313 e. The summed E-state index contributed by atoms with van der Waals surface area (Å²) in [7, 11) is 2.01. The Bertz CT molecular complexity index is 522. The number of benzene rings is 2. The molecule has 1 N–H and O–H groups in total. The number of aryl methyl sites for hydroxylation is 2. The number of hydrogen-bond donors (Lipinski definition) is 1. The van der Waals surface area contributed by atoms with Crippen LogP contribution in [0.3, 0.4) is 0 Å². The molecule has 1 unspecified atom stereocenters. The highest BCUT2D eigenvalue weighted by molar-refractivity contribution is 6.31. The summed E-state index contributed by atoms with van der Waals surface area (Å²) in [4.78, 5) is 0. The Hall–Kier alpha value is -1.31. The van der Waals surface area contributed by atoms with Gasteiger partial charge < -0.3 is 5.32 Å². The summed E-state index contributed by atoms with van der Waals surface area (Å²) in [6.45, 7) is 2.03. The highest BCUT2D eigenvalue weighted by atomic mass is 35.5. The van der Waals surface area contributed by atoms with E-state index in [4.69, 9.17) is 11.6 Å². The van der Waals surface area contributed by atoms with E-state index in [2.05, 4.69) is 53.8 Å². The lowest BCUT2D eigenvalue weighted by molar-refractivity contribution is 0.549. The molecule has 19 heavy (non-hydrogen) atoms.